The number of halogens is 2. The van der Waals surface area contributed by atoms with Crippen LogP contribution in [0.25, 0.3) is 11.5 Å². The molecular weight excluding hydrogens is 270 g/mol. The Kier molecular flexibility index (Phi) is 4.39. The number of hydrogen-bond donors (Lipinski definition) is 1. The van der Waals surface area contributed by atoms with E-state index in [2.05, 4.69) is 10.2 Å². The van der Waals surface area contributed by atoms with Gasteiger partial charge in [0.1, 0.15) is 17.2 Å². The van der Waals surface area contributed by atoms with Crippen molar-refractivity contribution < 1.29 is 23.1 Å². The van der Waals surface area contributed by atoms with Crippen LogP contribution in [0.2, 0.25) is 0 Å². The molecule has 0 bridgehead atoms. The predicted molar refractivity (Wildman–Crippen MR) is 64.8 cm³/mol. The fourth-order valence-corrected chi connectivity index (χ4v) is 1.71. The van der Waals surface area contributed by atoms with Crippen LogP contribution in [0.3, 0.4) is 0 Å². The molecule has 0 spiro atoms. The van der Waals surface area contributed by atoms with Crippen molar-refractivity contribution in [2.45, 2.75) is 25.7 Å². The topological polar surface area (TPSA) is 76.2 Å². The van der Waals surface area contributed by atoms with Gasteiger partial charge in [0, 0.05) is 12.8 Å². The van der Waals surface area contributed by atoms with Gasteiger partial charge in [0.2, 0.25) is 5.89 Å². The van der Waals surface area contributed by atoms with Gasteiger partial charge in [-0.3, -0.25) is 4.79 Å². The minimum Gasteiger partial charge on any atom is -0.481 e. The Balaban J connectivity index is 2.04. The molecule has 1 N–H and O–H groups in total. The molecule has 7 heteroatoms. The molecule has 1 heterocycles. The van der Waals surface area contributed by atoms with E-state index in [0.717, 1.165) is 12.1 Å². The summed E-state index contributed by atoms with van der Waals surface area (Å²) in [4.78, 5) is 10.3. The molecular formula is C13H12F2N2O3. The number of aromatic nitrogens is 2. The monoisotopic (exact) mass is 282 g/mol. The lowest BCUT2D eigenvalue weighted by Crippen LogP contribution is -1.95. The Hall–Kier alpha value is -2.31. The predicted octanol–water partition coefficient (Wildman–Crippen LogP) is 2.81. The maximum Gasteiger partial charge on any atom is 0.303 e. The van der Waals surface area contributed by atoms with Crippen LogP contribution in [0.1, 0.15) is 25.2 Å². The standard InChI is InChI=1S/C13H12F2N2O3/c14-8-4-3-5-9(15)12(8)13-17-16-10(20-13)6-1-2-7-11(18)19/h3-5H,1-2,6-7H2,(H,18,19). The molecule has 2 rings (SSSR count). The van der Waals surface area contributed by atoms with Crippen LogP contribution in [0, 0.1) is 11.6 Å². The summed E-state index contributed by atoms with van der Waals surface area (Å²) in [6, 6.07) is 3.46. The second-order valence-electron chi connectivity index (χ2n) is 4.20. The first-order valence-corrected chi connectivity index (χ1v) is 6.06. The Morgan fingerprint density at radius 2 is 1.90 bits per heavy atom. The molecule has 5 nitrogen and oxygen atoms in total. The van der Waals surface area contributed by atoms with Gasteiger partial charge in [0.05, 0.1) is 0 Å². The molecule has 0 aliphatic carbocycles. The van der Waals surface area contributed by atoms with Crippen LogP contribution < -0.4 is 0 Å². The maximum absolute atomic E-state index is 13.5. The van der Waals surface area contributed by atoms with E-state index in [1.54, 1.807) is 0 Å². The molecule has 0 radical (unpaired) electrons. The molecule has 0 fully saturated rings. The first-order chi connectivity index (χ1) is 9.58. The minimum absolute atomic E-state index is 0.0585. The molecule has 0 saturated carbocycles. The van der Waals surface area contributed by atoms with Gasteiger partial charge in [-0.25, -0.2) is 8.78 Å². The first-order valence-electron chi connectivity index (χ1n) is 6.06. The molecule has 0 saturated heterocycles. The highest BCUT2D eigenvalue weighted by Gasteiger charge is 2.17. The molecule has 2 aromatic rings. The molecule has 1 aromatic carbocycles. The van der Waals surface area contributed by atoms with Crippen LogP contribution >= 0.6 is 0 Å². The van der Waals surface area contributed by atoms with Crippen molar-refractivity contribution in [2.75, 3.05) is 0 Å². The lowest BCUT2D eigenvalue weighted by molar-refractivity contribution is -0.137. The minimum atomic E-state index is -0.871. The van der Waals surface area contributed by atoms with Crippen LogP contribution in [0.4, 0.5) is 8.78 Å². The molecule has 0 unspecified atom stereocenters. The smallest absolute Gasteiger partial charge is 0.303 e. The fourth-order valence-electron chi connectivity index (χ4n) is 1.71. The molecule has 0 aliphatic rings. The summed E-state index contributed by atoms with van der Waals surface area (Å²) in [6.07, 6.45) is 1.45. The summed E-state index contributed by atoms with van der Waals surface area (Å²) in [6.45, 7) is 0. The van der Waals surface area contributed by atoms with E-state index in [9.17, 15) is 13.6 Å². The summed E-state index contributed by atoms with van der Waals surface area (Å²) < 4.78 is 32.2. The third-order valence-electron chi connectivity index (χ3n) is 2.67. The van der Waals surface area contributed by atoms with Crippen molar-refractivity contribution >= 4 is 5.97 Å². The van der Waals surface area contributed by atoms with Gasteiger partial charge in [-0.1, -0.05) is 6.07 Å². The number of carboxylic acids is 1. The normalized spacial score (nSPS) is 10.7. The zero-order valence-corrected chi connectivity index (χ0v) is 10.5. The van der Waals surface area contributed by atoms with E-state index in [1.807, 2.05) is 0 Å². The number of unbranched alkanes of at least 4 members (excludes halogenated alkanes) is 1. The SMILES string of the molecule is O=C(O)CCCCc1nnc(-c2c(F)cccc2F)o1. The van der Waals surface area contributed by atoms with Gasteiger partial charge in [-0.15, -0.1) is 10.2 Å². The number of carboxylic acid groups (broad SMARTS) is 1. The third-order valence-corrected chi connectivity index (χ3v) is 2.67. The van der Waals surface area contributed by atoms with Crippen LogP contribution in [0.5, 0.6) is 0 Å². The first kappa shape index (κ1) is 14.1. The van der Waals surface area contributed by atoms with Crippen molar-refractivity contribution in [3.63, 3.8) is 0 Å². The second-order valence-corrected chi connectivity index (χ2v) is 4.20. The Labute approximate surface area is 113 Å². The zero-order chi connectivity index (χ0) is 14.5. The lowest BCUT2D eigenvalue weighted by Gasteiger charge is -1.98. The Morgan fingerprint density at radius 3 is 2.55 bits per heavy atom. The van der Waals surface area contributed by atoms with Gasteiger partial charge >= 0.3 is 5.97 Å². The summed E-state index contributed by atoms with van der Waals surface area (Å²) >= 11 is 0. The van der Waals surface area contributed by atoms with Crippen molar-refractivity contribution in [3.8, 4) is 11.5 Å². The molecule has 106 valence electrons. The third kappa shape index (κ3) is 3.37. The average Bonchev–Trinajstić information content (AvgIpc) is 2.83. The molecule has 0 amide bonds. The van der Waals surface area contributed by atoms with E-state index in [4.69, 9.17) is 9.52 Å². The highest BCUT2D eigenvalue weighted by Crippen LogP contribution is 2.24. The van der Waals surface area contributed by atoms with E-state index < -0.39 is 17.6 Å². The zero-order valence-electron chi connectivity index (χ0n) is 10.5. The van der Waals surface area contributed by atoms with E-state index in [1.165, 1.54) is 6.07 Å². The van der Waals surface area contributed by atoms with Crippen molar-refractivity contribution in [1.29, 1.82) is 0 Å². The lowest BCUT2D eigenvalue weighted by atomic mass is 10.2. The highest BCUT2D eigenvalue weighted by atomic mass is 19.1. The fraction of sp³-hybridized carbons (Fsp3) is 0.308. The molecule has 1 aromatic heterocycles. The quantitative estimate of drug-likeness (QED) is 0.824. The highest BCUT2D eigenvalue weighted by molar-refractivity contribution is 5.66. The number of aliphatic carboxylic acids is 1. The van der Waals surface area contributed by atoms with Crippen molar-refractivity contribution in [1.82, 2.24) is 10.2 Å². The van der Waals surface area contributed by atoms with E-state index in [0.29, 0.717) is 19.3 Å². The largest absolute Gasteiger partial charge is 0.481 e. The number of benzene rings is 1. The number of nitrogens with zero attached hydrogens (tertiary/aromatic N) is 2. The average molecular weight is 282 g/mol. The van der Waals surface area contributed by atoms with Crippen LogP contribution in [-0.2, 0) is 11.2 Å². The number of hydrogen-bond acceptors (Lipinski definition) is 4. The van der Waals surface area contributed by atoms with Gasteiger partial charge in [0.25, 0.3) is 5.89 Å². The second kappa shape index (κ2) is 6.23. The summed E-state index contributed by atoms with van der Waals surface area (Å²) in [5.41, 5.74) is -0.350. The summed E-state index contributed by atoms with van der Waals surface area (Å²) in [5.74, 6) is -2.40. The number of carbonyl (C=O) groups is 1. The summed E-state index contributed by atoms with van der Waals surface area (Å²) in [5, 5.41) is 15.8. The Morgan fingerprint density at radius 1 is 1.20 bits per heavy atom. The van der Waals surface area contributed by atoms with Crippen LogP contribution in [0.15, 0.2) is 22.6 Å². The molecule has 0 atom stereocenters. The molecule has 0 aliphatic heterocycles. The van der Waals surface area contributed by atoms with Crippen LogP contribution in [-0.4, -0.2) is 21.3 Å². The van der Waals surface area contributed by atoms with E-state index >= 15 is 0 Å². The summed E-state index contributed by atoms with van der Waals surface area (Å²) in [7, 11) is 0. The van der Waals surface area contributed by atoms with Crippen molar-refractivity contribution in [3.05, 3.63) is 35.7 Å². The number of aryl methyl sites for hydroxylation is 1. The van der Waals surface area contributed by atoms with Gasteiger partial charge in [0.15, 0.2) is 0 Å². The van der Waals surface area contributed by atoms with Gasteiger partial charge < -0.3 is 9.52 Å². The maximum atomic E-state index is 13.5. The van der Waals surface area contributed by atoms with Crippen molar-refractivity contribution in [2.24, 2.45) is 0 Å². The van der Waals surface area contributed by atoms with Gasteiger partial charge in [-0.2, -0.15) is 0 Å². The number of rotatable bonds is 6. The van der Waals surface area contributed by atoms with Gasteiger partial charge in [-0.05, 0) is 25.0 Å². The van der Waals surface area contributed by atoms with E-state index in [-0.39, 0.29) is 23.8 Å². The Bertz CT molecular complexity index is 593. The molecule has 20 heavy (non-hydrogen) atoms.